The third kappa shape index (κ3) is 5.66. The molecule has 1 heterocycles. The lowest BCUT2D eigenvalue weighted by molar-refractivity contribution is -0.144. The van der Waals surface area contributed by atoms with Crippen LogP contribution in [0, 0.1) is 0 Å². The molecule has 0 aromatic heterocycles. The van der Waals surface area contributed by atoms with E-state index in [1.807, 2.05) is 30.0 Å². The Bertz CT molecular complexity index is 377. The van der Waals surface area contributed by atoms with E-state index in [1.54, 1.807) is 0 Å². The van der Waals surface area contributed by atoms with Crippen LogP contribution in [0.4, 0.5) is 0 Å². The molecule has 1 atom stereocenters. The van der Waals surface area contributed by atoms with Crippen molar-refractivity contribution in [3.05, 3.63) is 35.9 Å². The van der Waals surface area contributed by atoms with Crippen molar-refractivity contribution in [2.45, 2.75) is 25.3 Å². The van der Waals surface area contributed by atoms with Gasteiger partial charge in [-0.05, 0) is 18.4 Å². The molecule has 1 N–H and O–H groups in total. The molecule has 1 aliphatic rings. The van der Waals surface area contributed by atoms with Gasteiger partial charge in [-0.2, -0.15) is 11.8 Å². The highest BCUT2D eigenvalue weighted by atomic mass is 32.2. The summed E-state index contributed by atoms with van der Waals surface area (Å²) in [7, 11) is 0. The molecule has 1 aromatic rings. The van der Waals surface area contributed by atoms with Crippen molar-refractivity contribution in [2.75, 3.05) is 24.7 Å². The van der Waals surface area contributed by atoms with Gasteiger partial charge in [0.1, 0.15) is 0 Å². The number of hydrogen-bond acceptors (Lipinski definition) is 4. The number of aryl methyl sites for hydroxylation is 1. The summed E-state index contributed by atoms with van der Waals surface area (Å²) in [4.78, 5) is 11.7. The summed E-state index contributed by atoms with van der Waals surface area (Å²) in [5.41, 5.74) is 1.30. The summed E-state index contributed by atoms with van der Waals surface area (Å²) in [6.45, 7) is 1.52. The molecule has 104 valence electrons. The molecular weight excluding hydrogens is 258 g/mol. The van der Waals surface area contributed by atoms with E-state index in [-0.39, 0.29) is 5.97 Å². The molecule has 4 heteroatoms. The molecule has 0 aliphatic carbocycles. The van der Waals surface area contributed by atoms with Crippen LogP contribution in [-0.4, -0.2) is 36.7 Å². The van der Waals surface area contributed by atoms with Gasteiger partial charge >= 0.3 is 5.97 Å². The summed E-state index contributed by atoms with van der Waals surface area (Å²) >= 11 is 1.90. The maximum absolute atomic E-state index is 11.7. The zero-order valence-electron chi connectivity index (χ0n) is 11.1. The van der Waals surface area contributed by atoms with E-state index in [0.29, 0.717) is 19.1 Å². The highest BCUT2D eigenvalue weighted by Crippen LogP contribution is 2.11. The molecule has 1 fully saturated rings. The molecule has 0 spiro atoms. The summed E-state index contributed by atoms with van der Waals surface area (Å²) in [6.07, 6.45) is 2.35. The average Bonchev–Trinajstić information content (AvgIpc) is 2.46. The number of benzene rings is 1. The number of thioether (sulfide) groups is 1. The second kappa shape index (κ2) is 8.23. The Morgan fingerprint density at radius 2 is 2.21 bits per heavy atom. The number of carbonyl (C=O) groups is 1. The number of hydrogen-bond donors (Lipinski definition) is 1. The first-order valence-electron chi connectivity index (χ1n) is 6.85. The van der Waals surface area contributed by atoms with Crippen LogP contribution >= 0.6 is 11.8 Å². The van der Waals surface area contributed by atoms with Crippen molar-refractivity contribution in [1.82, 2.24) is 5.32 Å². The van der Waals surface area contributed by atoms with Crippen LogP contribution in [0.25, 0.3) is 0 Å². The molecule has 0 radical (unpaired) electrons. The first-order valence-corrected chi connectivity index (χ1v) is 8.01. The van der Waals surface area contributed by atoms with Gasteiger partial charge in [0.05, 0.1) is 13.0 Å². The van der Waals surface area contributed by atoms with Crippen LogP contribution in [0.1, 0.15) is 18.4 Å². The lowest BCUT2D eigenvalue weighted by Crippen LogP contribution is -2.39. The predicted octanol–water partition coefficient (Wildman–Crippen LogP) is 2.26. The number of nitrogens with one attached hydrogen (secondary N) is 1. The van der Waals surface area contributed by atoms with Gasteiger partial charge in [-0.25, -0.2) is 0 Å². The Morgan fingerprint density at radius 1 is 1.37 bits per heavy atom. The van der Waals surface area contributed by atoms with Gasteiger partial charge in [0.2, 0.25) is 0 Å². The van der Waals surface area contributed by atoms with Gasteiger partial charge in [-0.3, -0.25) is 4.79 Å². The number of rotatable bonds is 6. The molecule has 19 heavy (non-hydrogen) atoms. The third-order valence-corrected chi connectivity index (χ3v) is 4.26. The molecule has 1 aliphatic heterocycles. The lowest BCUT2D eigenvalue weighted by atomic mass is 10.1. The van der Waals surface area contributed by atoms with Crippen LogP contribution in [0.3, 0.4) is 0 Å². The Hall–Kier alpha value is -1.00. The Morgan fingerprint density at radius 3 is 2.95 bits per heavy atom. The minimum Gasteiger partial charge on any atom is -0.466 e. The SMILES string of the molecule is O=C(CC1CSCCN1)OCCCc1ccccc1. The standard InChI is InChI=1S/C15H21NO2S/c17-15(11-14-12-19-10-8-16-14)18-9-4-7-13-5-2-1-3-6-13/h1-3,5-6,14,16H,4,7-12H2. The molecule has 1 saturated heterocycles. The molecule has 0 saturated carbocycles. The maximum atomic E-state index is 11.7. The van der Waals surface area contributed by atoms with Crippen molar-refractivity contribution in [1.29, 1.82) is 0 Å². The minimum atomic E-state index is -0.0759. The quantitative estimate of drug-likeness (QED) is 0.640. The van der Waals surface area contributed by atoms with E-state index in [4.69, 9.17) is 4.74 Å². The van der Waals surface area contributed by atoms with Crippen LogP contribution in [0.5, 0.6) is 0 Å². The Kier molecular flexibility index (Phi) is 6.24. The van der Waals surface area contributed by atoms with E-state index < -0.39 is 0 Å². The van der Waals surface area contributed by atoms with Gasteiger partial charge in [-0.15, -0.1) is 0 Å². The maximum Gasteiger partial charge on any atom is 0.307 e. The minimum absolute atomic E-state index is 0.0759. The van der Waals surface area contributed by atoms with Gasteiger partial charge in [-0.1, -0.05) is 30.3 Å². The molecular formula is C15H21NO2S. The van der Waals surface area contributed by atoms with E-state index in [0.717, 1.165) is 30.9 Å². The largest absolute Gasteiger partial charge is 0.466 e. The Labute approximate surface area is 119 Å². The van der Waals surface area contributed by atoms with Crippen molar-refractivity contribution >= 4 is 17.7 Å². The summed E-state index contributed by atoms with van der Waals surface area (Å²) in [5, 5.41) is 3.34. The third-order valence-electron chi connectivity index (χ3n) is 3.13. The highest BCUT2D eigenvalue weighted by molar-refractivity contribution is 7.99. The fourth-order valence-corrected chi connectivity index (χ4v) is 3.07. The first-order chi connectivity index (χ1) is 9.34. The fraction of sp³-hybridized carbons (Fsp3) is 0.533. The first kappa shape index (κ1) is 14.4. The number of carbonyl (C=O) groups excluding carboxylic acids is 1. The van der Waals surface area contributed by atoms with E-state index in [2.05, 4.69) is 17.4 Å². The van der Waals surface area contributed by atoms with Crippen LogP contribution < -0.4 is 5.32 Å². The van der Waals surface area contributed by atoms with E-state index >= 15 is 0 Å². The van der Waals surface area contributed by atoms with Crippen LogP contribution in [0.2, 0.25) is 0 Å². The normalized spacial score (nSPS) is 19.1. The van der Waals surface area contributed by atoms with Crippen LogP contribution in [-0.2, 0) is 16.0 Å². The Balaban J connectivity index is 1.56. The smallest absolute Gasteiger partial charge is 0.307 e. The highest BCUT2D eigenvalue weighted by Gasteiger charge is 2.17. The van der Waals surface area contributed by atoms with E-state index in [1.165, 1.54) is 5.56 Å². The average molecular weight is 279 g/mol. The van der Waals surface area contributed by atoms with Gasteiger partial charge < -0.3 is 10.1 Å². The summed E-state index contributed by atoms with van der Waals surface area (Å²) in [6, 6.07) is 10.6. The van der Waals surface area contributed by atoms with Gasteiger partial charge in [0.25, 0.3) is 0 Å². The van der Waals surface area contributed by atoms with Crippen molar-refractivity contribution in [3.8, 4) is 0 Å². The summed E-state index contributed by atoms with van der Waals surface area (Å²) in [5.74, 6) is 2.08. The predicted molar refractivity (Wildman–Crippen MR) is 79.5 cm³/mol. The molecule has 0 bridgehead atoms. The lowest BCUT2D eigenvalue weighted by Gasteiger charge is -2.22. The molecule has 0 amide bonds. The van der Waals surface area contributed by atoms with Crippen molar-refractivity contribution < 1.29 is 9.53 Å². The van der Waals surface area contributed by atoms with Gasteiger partial charge in [0, 0.05) is 24.1 Å². The number of ether oxygens (including phenoxy) is 1. The molecule has 1 unspecified atom stereocenters. The monoisotopic (exact) mass is 279 g/mol. The van der Waals surface area contributed by atoms with Crippen molar-refractivity contribution in [2.24, 2.45) is 0 Å². The second-order valence-corrected chi connectivity index (χ2v) is 5.89. The molecule has 1 aromatic carbocycles. The topological polar surface area (TPSA) is 38.3 Å². The second-order valence-electron chi connectivity index (χ2n) is 4.74. The zero-order valence-corrected chi connectivity index (χ0v) is 12.0. The number of esters is 1. The van der Waals surface area contributed by atoms with Crippen LogP contribution in [0.15, 0.2) is 30.3 Å². The fourth-order valence-electron chi connectivity index (χ4n) is 2.12. The van der Waals surface area contributed by atoms with E-state index in [9.17, 15) is 4.79 Å². The molecule has 2 rings (SSSR count). The molecule has 3 nitrogen and oxygen atoms in total. The van der Waals surface area contributed by atoms with Crippen molar-refractivity contribution in [3.63, 3.8) is 0 Å². The summed E-state index contributed by atoms with van der Waals surface area (Å²) < 4.78 is 5.28. The zero-order chi connectivity index (χ0) is 13.3. The van der Waals surface area contributed by atoms with Gasteiger partial charge in [0.15, 0.2) is 0 Å².